The zero-order valence-corrected chi connectivity index (χ0v) is 12.8. The van der Waals surface area contributed by atoms with E-state index in [9.17, 15) is 0 Å². The summed E-state index contributed by atoms with van der Waals surface area (Å²) in [5.41, 5.74) is 1.40. The van der Waals surface area contributed by atoms with Crippen LogP contribution in [0.2, 0.25) is 0 Å². The summed E-state index contributed by atoms with van der Waals surface area (Å²) < 4.78 is 0. The predicted octanol–water partition coefficient (Wildman–Crippen LogP) is 3.27. The lowest BCUT2D eigenvalue weighted by Gasteiger charge is -2.24. The van der Waals surface area contributed by atoms with E-state index in [4.69, 9.17) is 12.2 Å². The minimum absolute atomic E-state index is 0.642. The van der Waals surface area contributed by atoms with Crippen molar-refractivity contribution in [3.05, 3.63) is 35.9 Å². The van der Waals surface area contributed by atoms with Crippen molar-refractivity contribution in [3.8, 4) is 0 Å². The van der Waals surface area contributed by atoms with E-state index >= 15 is 0 Å². The van der Waals surface area contributed by atoms with E-state index in [-0.39, 0.29) is 0 Å². The lowest BCUT2D eigenvalue weighted by molar-refractivity contribution is 0.389. The Balaban J connectivity index is 1.32. The van der Waals surface area contributed by atoms with Crippen molar-refractivity contribution in [2.75, 3.05) is 6.54 Å². The number of aryl methyl sites for hydroxylation is 1. The molecule has 2 fully saturated rings. The van der Waals surface area contributed by atoms with E-state index in [2.05, 4.69) is 41.0 Å². The molecule has 2 saturated carbocycles. The van der Waals surface area contributed by atoms with E-state index in [1.165, 1.54) is 31.2 Å². The van der Waals surface area contributed by atoms with Crippen molar-refractivity contribution in [1.29, 1.82) is 0 Å². The standard InChI is InChI=1S/C17H24N2S/c20-17(19-16-12-14-8-9-15(16)11-14)18-10-4-7-13-5-2-1-3-6-13/h1-3,5-6,14-16H,4,7-12H2,(H2,18,19,20)/t14-,15+,16-/m0/s1. The van der Waals surface area contributed by atoms with Gasteiger partial charge >= 0.3 is 0 Å². The molecular weight excluding hydrogens is 264 g/mol. The van der Waals surface area contributed by atoms with E-state index in [1.807, 2.05) is 0 Å². The van der Waals surface area contributed by atoms with Gasteiger partial charge in [-0.05, 0) is 61.7 Å². The molecule has 2 aliphatic carbocycles. The average Bonchev–Trinajstić information content (AvgIpc) is 3.07. The molecule has 2 aliphatic rings. The molecule has 1 aromatic rings. The Morgan fingerprint density at radius 1 is 1.15 bits per heavy atom. The molecule has 1 aromatic carbocycles. The van der Waals surface area contributed by atoms with Crippen LogP contribution >= 0.6 is 12.2 Å². The minimum Gasteiger partial charge on any atom is -0.363 e. The molecular formula is C17H24N2S. The lowest BCUT2D eigenvalue weighted by Crippen LogP contribution is -2.44. The predicted molar refractivity (Wildman–Crippen MR) is 87.7 cm³/mol. The van der Waals surface area contributed by atoms with Crippen molar-refractivity contribution in [2.45, 2.75) is 44.6 Å². The van der Waals surface area contributed by atoms with Crippen LogP contribution in [0.5, 0.6) is 0 Å². The van der Waals surface area contributed by atoms with Crippen molar-refractivity contribution in [3.63, 3.8) is 0 Å². The lowest BCUT2D eigenvalue weighted by atomic mass is 9.96. The average molecular weight is 288 g/mol. The summed E-state index contributed by atoms with van der Waals surface area (Å²) in [6.07, 6.45) is 7.84. The molecule has 0 aliphatic heterocycles. The number of hydrogen-bond acceptors (Lipinski definition) is 1. The molecule has 0 spiro atoms. The highest BCUT2D eigenvalue weighted by atomic mass is 32.1. The van der Waals surface area contributed by atoms with E-state index in [1.54, 1.807) is 0 Å². The topological polar surface area (TPSA) is 24.1 Å². The summed E-state index contributed by atoms with van der Waals surface area (Å²) >= 11 is 5.41. The van der Waals surface area contributed by atoms with Crippen molar-refractivity contribution < 1.29 is 0 Å². The van der Waals surface area contributed by atoms with E-state index in [0.29, 0.717) is 6.04 Å². The Labute approximate surface area is 127 Å². The number of thiocarbonyl (C=S) groups is 1. The number of rotatable bonds is 5. The highest BCUT2D eigenvalue weighted by Gasteiger charge is 2.39. The van der Waals surface area contributed by atoms with Crippen LogP contribution in [0.3, 0.4) is 0 Å². The van der Waals surface area contributed by atoms with Crippen LogP contribution < -0.4 is 10.6 Å². The number of fused-ring (bicyclic) bond motifs is 2. The molecule has 0 heterocycles. The Kier molecular flexibility index (Phi) is 4.56. The van der Waals surface area contributed by atoms with Crippen LogP contribution in [-0.2, 0) is 6.42 Å². The minimum atomic E-state index is 0.642. The molecule has 0 aromatic heterocycles. The van der Waals surface area contributed by atoms with Crippen molar-refractivity contribution >= 4 is 17.3 Å². The van der Waals surface area contributed by atoms with E-state index in [0.717, 1.165) is 36.3 Å². The monoisotopic (exact) mass is 288 g/mol. The van der Waals surface area contributed by atoms with Crippen molar-refractivity contribution in [1.82, 2.24) is 10.6 Å². The maximum Gasteiger partial charge on any atom is 0.166 e. The van der Waals surface area contributed by atoms with Gasteiger partial charge < -0.3 is 10.6 Å². The largest absolute Gasteiger partial charge is 0.363 e. The molecule has 3 atom stereocenters. The number of hydrogen-bond donors (Lipinski definition) is 2. The third-order valence-corrected chi connectivity index (χ3v) is 5.09. The Bertz CT molecular complexity index is 446. The van der Waals surface area contributed by atoms with Crippen molar-refractivity contribution in [2.24, 2.45) is 11.8 Å². The Morgan fingerprint density at radius 2 is 2.00 bits per heavy atom. The van der Waals surface area contributed by atoms with Gasteiger partial charge in [-0.3, -0.25) is 0 Å². The fourth-order valence-electron chi connectivity index (χ4n) is 3.78. The number of nitrogens with one attached hydrogen (secondary N) is 2. The van der Waals surface area contributed by atoms with E-state index < -0.39 is 0 Å². The second-order valence-corrected chi connectivity index (χ2v) is 6.68. The van der Waals surface area contributed by atoms with Crippen LogP contribution in [0.15, 0.2) is 30.3 Å². The number of benzene rings is 1. The SMILES string of the molecule is S=C(NCCCc1ccccc1)N[C@H]1C[C@H]2CC[C@@H]1C2. The highest BCUT2D eigenvalue weighted by molar-refractivity contribution is 7.80. The molecule has 0 amide bonds. The van der Waals surface area contributed by atoms with Gasteiger partial charge in [0.25, 0.3) is 0 Å². The fourth-order valence-corrected chi connectivity index (χ4v) is 4.03. The second kappa shape index (κ2) is 6.57. The molecule has 0 saturated heterocycles. The molecule has 108 valence electrons. The molecule has 20 heavy (non-hydrogen) atoms. The summed E-state index contributed by atoms with van der Waals surface area (Å²) in [5, 5.41) is 7.75. The Morgan fingerprint density at radius 3 is 2.70 bits per heavy atom. The summed E-state index contributed by atoms with van der Waals surface area (Å²) in [6.45, 7) is 0.960. The molecule has 0 unspecified atom stereocenters. The first-order valence-electron chi connectivity index (χ1n) is 7.89. The summed E-state index contributed by atoms with van der Waals surface area (Å²) in [6, 6.07) is 11.3. The van der Waals surface area contributed by atoms with Gasteiger partial charge in [-0.25, -0.2) is 0 Å². The molecule has 3 heteroatoms. The third kappa shape index (κ3) is 3.51. The van der Waals surface area contributed by atoms with Crippen LogP contribution in [0, 0.1) is 11.8 Å². The zero-order chi connectivity index (χ0) is 13.8. The molecule has 2 bridgehead atoms. The van der Waals surface area contributed by atoms with Gasteiger partial charge in [-0.2, -0.15) is 0 Å². The molecule has 2 nitrogen and oxygen atoms in total. The van der Waals surface area contributed by atoms with Gasteiger partial charge in [-0.1, -0.05) is 36.8 Å². The van der Waals surface area contributed by atoms with Gasteiger partial charge in [0.15, 0.2) is 5.11 Å². The van der Waals surface area contributed by atoms with Gasteiger partial charge in [0.05, 0.1) is 0 Å². The smallest absolute Gasteiger partial charge is 0.166 e. The van der Waals surface area contributed by atoms with Crippen LogP contribution in [0.1, 0.15) is 37.7 Å². The first-order valence-corrected chi connectivity index (χ1v) is 8.30. The second-order valence-electron chi connectivity index (χ2n) is 6.27. The molecule has 2 N–H and O–H groups in total. The summed E-state index contributed by atoms with van der Waals surface area (Å²) in [4.78, 5) is 0. The Hall–Kier alpha value is -1.09. The first-order chi connectivity index (χ1) is 9.81. The van der Waals surface area contributed by atoms with Gasteiger partial charge in [0, 0.05) is 12.6 Å². The summed E-state index contributed by atoms with van der Waals surface area (Å²) in [5.74, 6) is 1.85. The normalized spacial score (nSPS) is 27.5. The van der Waals surface area contributed by atoms with Gasteiger partial charge in [-0.15, -0.1) is 0 Å². The van der Waals surface area contributed by atoms with Crippen LogP contribution in [-0.4, -0.2) is 17.7 Å². The van der Waals surface area contributed by atoms with Gasteiger partial charge in [0.1, 0.15) is 0 Å². The molecule has 0 radical (unpaired) electrons. The van der Waals surface area contributed by atoms with Gasteiger partial charge in [0.2, 0.25) is 0 Å². The zero-order valence-electron chi connectivity index (χ0n) is 12.0. The van der Waals surface area contributed by atoms with Crippen LogP contribution in [0.4, 0.5) is 0 Å². The maximum atomic E-state index is 5.41. The first kappa shape index (κ1) is 13.9. The maximum absolute atomic E-state index is 5.41. The fraction of sp³-hybridized carbons (Fsp3) is 0.588. The molecule has 3 rings (SSSR count). The summed E-state index contributed by atoms with van der Waals surface area (Å²) in [7, 11) is 0. The van der Waals surface area contributed by atoms with Crippen LogP contribution in [0.25, 0.3) is 0 Å². The highest BCUT2D eigenvalue weighted by Crippen LogP contribution is 2.44. The quantitative estimate of drug-likeness (QED) is 0.642. The third-order valence-electron chi connectivity index (χ3n) is 4.83.